The Labute approximate surface area is 173 Å². The summed E-state index contributed by atoms with van der Waals surface area (Å²) < 4.78 is 5.29. The molecular formula is C22H21N3O3S. The van der Waals surface area contributed by atoms with E-state index in [1.807, 2.05) is 52.7 Å². The van der Waals surface area contributed by atoms with Crippen LogP contribution in [0.25, 0.3) is 11.3 Å². The largest absolute Gasteiger partial charge is 0.378 e. The van der Waals surface area contributed by atoms with Crippen molar-refractivity contribution in [2.45, 2.75) is 6.42 Å². The van der Waals surface area contributed by atoms with Crippen molar-refractivity contribution in [3.05, 3.63) is 70.5 Å². The van der Waals surface area contributed by atoms with Crippen LogP contribution in [-0.4, -0.2) is 48.0 Å². The molecule has 0 unspecified atom stereocenters. The highest BCUT2D eigenvalue weighted by Gasteiger charge is 2.18. The van der Waals surface area contributed by atoms with Gasteiger partial charge in [0.05, 0.1) is 25.3 Å². The Bertz CT molecular complexity index is 980. The summed E-state index contributed by atoms with van der Waals surface area (Å²) >= 11 is 1.49. The number of benzene rings is 2. The lowest BCUT2D eigenvalue weighted by Crippen LogP contribution is -2.41. The second kappa shape index (κ2) is 8.98. The number of amides is 2. The first-order chi connectivity index (χ1) is 14.2. The van der Waals surface area contributed by atoms with E-state index in [0.29, 0.717) is 38.3 Å². The summed E-state index contributed by atoms with van der Waals surface area (Å²) in [6, 6.07) is 16.7. The number of aromatic nitrogens is 1. The summed E-state index contributed by atoms with van der Waals surface area (Å²) in [4.78, 5) is 31.0. The van der Waals surface area contributed by atoms with E-state index in [2.05, 4.69) is 10.3 Å². The van der Waals surface area contributed by atoms with Crippen LogP contribution in [0.15, 0.2) is 60.0 Å². The Kier molecular flexibility index (Phi) is 5.97. The highest BCUT2D eigenvalue weighted by molar-refractivity contribution is 7.10. The van der Waals surface area contributed by atoms with Crippen LogP contribution in [0.3, 0.4) is 0 Å². The first kappa shape index (κ1) is 19.3. The van der Waals surface area contributed by atoms with Gasteiger partial charge in [-0.25, -0.2) is 4.98 Å². The number of carbonyl (C=O) groups excluding carboxylic acids is 2. The van der Waals surface area contributed by atoms with E-state index in [4.69, 9.17) is 4.74 Å². The molecule has 0 saturated carbocycles. The van der Waals surface area contributed by atoms with Crippen molar-refractivity contribution >= 4 is 28.8 Å². The van der Waals surface area contributed by atoms with Gasteiger partial charge in [-0.1, -0.05) is 30.3 Å². The lowest BCUT2D eigenvalue weighted by atomic mass is 10.1. The van der Waals surface area contributed by atoms with E-state index >= 15 is 0 Å². The van der Waals surface area contributed by atoms with Gasteiger partial charge in [0.2, 0.25) is 5.91 Å². The number of hydrogen-bond donors (Lipinski definition) is 1. The molecule has 0 aliphatic carbocycles. The molecule has 0 bridgehead atoms. The van der Waals surface area contributed by atoms with Crippen molar-refractivity contribution in [1.82, 2.24) is 9.88 Å². The van der Waals surface area contributed by atoms with E-state index in [1.54, 1.807) is 12.1 Å². The Morgan fingerprint density at radius 2 is 1.76 bits per heavy atom. The SMILES string of the molecule is O=C(Nc1ccc(-c2csc(CC(=O)N3CCOCC3)n2)cc1)c1ccccc1. The maximum Gasteiger partial charge on any atom is 0.255 e. The molecule has 4 rings (SSSR count). The summed E-state index contributed by atoms with van der Waals surface area (Å²) in [6.45, 7) is 2.49. The van der Waals surface area contributed by atoms with Crippen LogP contribution in [0, 0.1) is 0 Å². The summed E-state index contributed by atoms with van der Waals surface area (Å²) in [7, 11) is 0. The Balaban J connectivity index is 1.38. The fraction of sp³-hybridized carbons (Fsp3) is 0.227. The number of nitrogens with one attached hydrogen (secondary N) is 1. The van der Waals surface area contributed by atoms with Gasteiger partial charge in [0.15, 0.2) is 0 Å². The topological polar surface area (TPSA) is 71.5 Å². The fourth-order valence-electron chi connectivity index (χ4n) is 3.10. The number of nitrogens with zero attached hydrogens (tertiary/aromatic N) is 2. The predicted octanol–water partition coefficient (Wildman–Crippen LogP) is 3.46. The van der Waals surface area contributed by atoms with Crippen molar-refractivity contribution in [1.29, 1.82) is 0 Å². The second-order valence-electron chi connectivity index (χ2n) is 6.69. The van der Waals surface area contributed by atoms with Gasteiger partial charge in [0, 0.05) is 35.3 Å². The third-order valence-electron chi connectivity index (χ3n) is 4.69. The zero-order valence-corrected chi connectivity index (χ0v) is 16.7. The van der Waals surface area contributed by atoms with E-state index in [-0.39, 0.29) is 11.8 Å². The minimum absolute atomic E-state index is 0.0909. The third kappa shape index (κ3) is 4.88. The Morgan fingerprint density at radius 3 is 2.48 bits per heavy atom. The van der Waals surface area contributed by atoms with Crippen LogP contribution in [0.2, 0.25) is 0 Å². The van der Waals surface area contributed by atoms with Crippen LogP contribution in [0.5, 0.6) is 0 Å². The molecule has 1 aromatic heterocycles. The maximum absolute atomic E-state index is 12.4. The van der Waals surface area contributed by atoms with Crippen molar-refractivity contribution in [3.63, 3.8) is 0 Å². The fourth-order valence-corrected chi connectivity index (χ4v) is 3.89. The van der Waals surface area contributed by atoms with E-state index in [1.165, 1.54) is 11.3 Å². The molecule has 7 heteroatoms. The molecule has 1 aliphatic heterocycles. The Morgan fingerprint density at radius 1 is 1.03 bits per heavy atom. The lowest BCUT2D eigenvalue weighted by molar-refractivity contribution is -0.134. The summed E-state index contributed by atoms with van der Waals surface area (Å²) in [5, 5.41) is 5.65. The minimum Gasteiger partial charge on any atom is -0.378 e. The molecule has 148 valence electrons. The molecule has 6 nitrogen and oxygen atoms in total. The van der Waals surface area contributed by atoms with Crippen LogP contribution in [0.4, 0.5) is 5.69 Å². The first-order valence-electron chi connectivity index (χ1n) is 9.46. The maximum atomic E-state index is 12.4. The lowest BCUT2D eigenvalue weighted by Gasteiger charge is -2.26. The zero-order valence-electron chi connectivity index (χ0n) is 15.8. The van der Waals surface area contributed by atoms with Crippen LogP contribution >= 0.6 is 11.3 Å². The van der Waals surface area contributed by atoms with Crippen molar-refractivity contribution < 1.29 is 14.3 Å². The van der Waals surface area contributed by atoms with Gasteiger partial charge in [-0.2, -0.15) is 0 Å². The quantitative estimate of drug-likeness (QED) is 0.703. The molecule has 29 heavy (non-hydrogen) atoms. The molecule has 1 fully saturated rings. The molecule has 3 aromatic rings. The van der Waals surface area contributed by atoms with Crippen LogP contribution in [-0.2, 0) is 16.0 Å². The molecule has 0 spiro atoms. The molecule has 2 aromatic carbocycles. The van der Waals surface area contributed by atoms with Gasteiger partial charge < -0.3 is 15.0 Å². The number of morpholine rings is 1. The summed E-state index contributed by atoms with van der Waals surface area (Å²) in [5.41, 5.74) is 3.12. The molecular weight excluding hydrogens is 386 g/mol. The summed E-state index contributed by atoms with van der Waals surface area (Å²) in [6.07, 6.45) is 0.315. The number of carbonyl (C=O) groups is 2. The molecule has 1 aliphatic rings. The third-order valence-corrected chi connectivity index (χ3v) is 5.54. The molecule has 2 amide bonds. The number of ether oxygens (including phenoxy) is 1. The first-order valence-corrected chi connectivity index (χ1v) is 10.3. The molecule has 1 saturated heterocycles. The van der Waals surface area contributed by atoms with Crippen molar-refractivity contribution in [2.75, 3.05) is 31.6 Å². The predicted molar refractivity (Wildman–Crippen MR) is 113 cm³/mol. The number of thiazole rings is 1. The number of hydrogen-bond acceptors (Lipinski definition) is 5. The Hall–Kier alpha value is -3.03. The van der Waals surface area contributed by atoms with Crippen molar-refractivity contribution in [3.8, 4) is 11.3 Å². The standard InChI is InChI=1S/C22H21N3O3S/c26-21(25-10-12-28-13-11-25)14-20-24-19(15-29-20)16-6-8-18(9-7-16)23-22(27)17-4-2-1-3-5-17/h1-9,15H,10-14H2,(H,23,27). The average Bonchev–Trinajstić information content (AvgIpc) is 3.24. The van der Waals surface area contributed by atoms with Gasteiger partial charge in [-0.05, 0) is 24.3 Å². The smallest absolute Gasteiger partial charge is 0.255 e. The highest BCUT2D eigenvalue weighted by atomic mass is 32.1. The summed E-state index contributed by atoms with van der Waals surface area (Å²) in [5.74, 6) is -0.0518. The average molecular weight is 407 g/mol. The van der Waals surface area contributed by atoms with Gasteiger partial charge >= 0.3 is 0 Å². The zero-order chi connectivity index (χ0) is 20.1. The number of anilines is 1. The van der Waals surface area contributed by atoms with E-state index < -0.39 is 0 Å². The number of rotatable bonds is 5. The van der Waals surface area contributed by atoms with E-state index in [0.717, 1.165) is 22.0 Å². The van der Waals surface area contributed by atoms with Crippen LogP contribution < -0.4 is 5.32 Å². The van der Waals surface area contributed by atoms with Crippen molar-refractivity contribution in [2.24, 2.45) is 0 Å². The van der Waals surface area contributed by atoms with Gasteiger partial charge in [-0.3, -0.25) is 9.59 Å². The van der Waals surface area contributed by atoms with Crippen LogP contribution in [0.1, 0.15) is 15.4 Å². The van der Waals surface area contributed by atoms with Gasteiger partial charge in [-0.15, -0.1) is 11.3 Å². The van der Waals surface area contributed by atoms with Gasteiger partial charge in [0.25, 0.3) is 5.91 Å². The van der Waals surface area contributed by atoms with Gasteiger partial charge in [0.1, 0.15) is 5.01 Å². The monoisotopic (exact) mass is 407 g/mol. The molecule has 0 atom stereocenters. The molecule has 0 radical (unpaired) electrons. The molecule has 1 N–H and O–H groups in total. The molecule has 2 heterocycles. The minimum atomic E-state index is -0.143. The normalized spacial score (nSPS) is 13.9. The highest BCUT2D eigenvalue weighted by Crippen LogP contribution is 2.24. The second-order valence-corrected chi connectivity index (χ2v) is 7.64. The van der Waals surface area contributed by atoms with E-state index in [9.17, 15) is 9.59 Å².